The number of ether oxygens (including phenoxy) is 2. The molecule has 3 amide bonds. The fourth-order valence-electron chi connectivity index (χ4n) is 2.94. The monoisotopic (exact) mass is 489 g/mol. The maximum absolute atomic E-state index is 12.9. The predicted octanol–water partition coefficient (Wildman–Crippen LogP) is 1.38. The second-order valence-corrected chi connectivity index (χ2v) is 8.63. The lowest BCUT2D eigenvalue weighted by Crippen LogP contribution is -2.53. The Labute approximate surface area is 202 Å². The number of benzene rings is 1. The van der Waals surface area contributed by atoms with Gasteiger partial charge in [-0.25, -0.2) is 19.4 Å². The number of imidazole rings is 1. The maximum Gasteiger partial charge on any atom is 0.407 e. The van der Waals surface area contributed by atoms with E-state index in [1.165, 1.54) is 12.5 Å². The third-order valence-electron chi connectivity index (χ3n) is 4.49. The number of H-pyrrole nitrogens is 1. The fourth-order valence-corrected chi connectivity index (χ4v) is 2.94. The highest BCUT2D eigenvalue weighted by Crippen LogP contribution is 2.07. The molecule has 0 radical (unpaired) electrons. The van der Waals surface area contributed by atoms with Gasteiger partial charge in [0.05, 0.1) is 12.9 Å². The zero-order valence-electron chi connectivity index (χ0n) is 19.9. The topological polar surface area (TPSA) is 172 Å². The van der Waals surface area contributed by atoms with Gasteiger partial charge in [-0.1, -0.05) is 30.3 Å². The second-order valence-electron chi connectivity index (χ2n) is 8.63. The third-order valence-corrected chi connectivity index (χ3v) is 4.49. The van der Waals surface area contributed by atoms with Gasteiger partial charge in [-0.2, -0.15) is 0 Å². The van der Waals surface area contributed by atoms with Gasteiger partial charge in [-0.05, 0) is 26.3 Å². The van der Waals surface area contributed by atoms with Gasteiger partial charge in [0.25, 0.3) is 0 Å². The highest BCUT2D eigenvalue weighted by atomic mass is 16.6. The van der Waals surface area contributed by atoms with Crippen molar-refractivity contribution in [1.82, 2.24) is 25.9 Å². The SMILES string of the molecule is CC(C)(C)OC(=O)NCCOC(=O)N[C@@H](Cc1ccccc1)C(=O)N[C@@H](Cc1cnc[nH]1)C(=O)O. The van der Waals surface area contributed by atoms with E-state index in [0.717, 1.165) is 5.56 Å². The molecular formula is C23H31N5O7. The number of aromatic nitrogens is 2. The smallest absolute Gasteiger partial charge is 0.407 e. The largest absolute Gasteiger partial charge is 0.480 e. The van der Waals surface area contributed by atoms with E-state index in [-0.39, 0.29) is 26.0 Å². The second kappa shape index (κ2) is 13.0. The van der Waals surface area contributed by atoms with E-state index in [1.54, 1.807) is 45.0 Å². The number of carbonyl (C=O) groups excluding carboxylic acids is 3. The van der Waals surface area contributed by atoms with Crippen LogP contribution in [-0.2, 0) is 31.9 Å². The Morgan fingerprint density at radius 1 is 1.03 bits per heavy atom. The lowest BCUT2D eigenvalue weighted by atomic mass is 10.0. The maximum atomic E-state index is 12.9. The van der Waals surface area contributed by atoms with Crippen molar-refractivity contribution in [3.8, 4) is 0 Å². The summed E-state index contributed by atoms with van der Waals surface area (Å²) in [6, 6.07) is 6.58. The number of hydrogen-bond donors (Lipinski definition) is 5. The molecule has 1 aromatic carbocycles. The first-order valence-corrected chi connectivity index (χ1v) is 11.0. The molecule has 2 aromatic rings. The molecule has 0 saturated carbocycles. The molecule has 35 heavy (non-hydrogen) atoms. The number of alkyl carbamates (subject to hydrolysis) is 2. The highest BCUT2D eigenvalue weighted by molar-refractivity contribution is 5.89. The van der Waals surface area contributed by atoms with Crippen LogP contribution >= 0.6 is 0 Å². The van der Waals surface area contributed by atoms with E-state index in [0.29, 0.717) is 5.69 Å². The number of amides is 3. The van der Waals surface area contributed by atoms with Crippen LogP contribution < -0.4 is 16.0 Å². The summed E-state index contributed by atoms with van der Waals surface area (Å²) in [7, 11) is 0. The molecule has 2 atom stereocenters. The molecule has 0 spiro atoms. The number of carbonyl (C=O) groups is 4. The summed E-state index contributed by atoms with van der Waals surface area (Å²) in [6.45, 7) is 5.00. The van der Waals surface area contributed by atoms with Crippen molar-refractivity contribution in [2.24, 2.45) is 0 Å². The van der Waals surface area contributed by atoms with Gasteiger partial charge >= 0.3 is 18.2 Å². The van der Waals surface area contributed by atoms with Crippen LogP contribution in [-0.4, -0.2) is 70.0 Å². The first-order valence-electron chi connectivity index (χ1n) is 11.0. The molecule has 0 aliphatic rings. The molecular weight excluding hydrogens is 458 g/mol. The van der Waals surface area contributed by atoms with Gasteiger partial charge in [0, 0.05) is 24.7 Å². The highest BCUT2D eigenvalue weighted by Gasteiger charge is 2.28. The standard InChI is InChI=1S/C23H31N5O7/c1-23(2,3)35-21(32)25-9-10-34-22(33)28-17(11-15-7-5-4-6-8-15)19(29)27-18(20(30)31)12-16-13-24-14-26-16/h4-8,13-14,17-18H,9-12H2,1-3H3,(H,24,26)(H,25,32)(H,27,29)(H,28,33)(H,30,31)/t17-,18-/m0/s1. The predicted molar refractivity (Wildman–Crippen MR) is 125 cm³/mol. The molecule has 0 unspecified atom stereocenters. The molecule has 0 aliphatic heterocycles. The number of rotatable bonds is 11. The number of carboxylic acid groups (broad SMARTS) is 1. The molecule has 0 bridgehead atoms. The molecule has 1 heterocycles. The van der Waals surface area contributed by atoms with Gasteiger partial charge in [0.1, 0.15) is 24.3 Å². The zero-order chi connectivity index (χ0) is 25.8. The van der Waals surface area contributed by atoms with Crippen LogP contribution in [0.5, 0.6) is 0 Å². The Bertz CT molecular complexity index is 974. The van der Waals surface area contributed by atoms with Gasteiger partial charge < -0.3 is 35.5 Å². The van der Waals surface area contributed by atoms with Crippen LogP contribution in [0.2, 0.25) is 0 Å². The van der Waals surface area contributed by atoms with Crippen molar-refractivity contribution in [1.29, 1.82) is 0 Å². The average molecular weight is 490 g/mol. The molecule has 0 fully saturated rings. The van der Waals surface area contributed by atoms with E-state index < -0.39 is 41.7 Å². The average Bonchev–Trinajstić information content (AvgIpc) is 3.28. The van der Waals surface area contributed by atoms with E-state index in [1.807, 2.05) is 6.07 Å². The van der Waals surface area contributed by atoms with E-state index in [4.69, 9.17) is 9.47 Å². The van der Waals surface area contributed by atoms with Crippen LogP contribution in [0.1, 0.15) is 32.0 Å². The minimum Gasteiger partial charge on any atom is -0.480 e. The Kier molecular flexibility index (Phi) is 10.1. The molecule has 0 saturated heterocycles. The van der Waals surface area contributed by atoms with Crippen LogP contribution in [0.4, 0.5) is 9.59 Å². The number of aromatic amines is 1. The van der Waals surface area contributed by atoms with Crippen molar-refractivity contribution >= 4 is 24.1 Å². The number of nitrogens with one attached hydrogen (secondary N) is 4. The van der Waals surface area contributed by atoms with Gasteiger partial charge in [-0.15, -0.1) is 0 Å². The number of aliphatic carboxylic acids is 1. The van der Waals surface area contributed by atoms with E-state index >= 15 is 0 Å². The summed E-state index contributed by atoms with van der Waals surface area (Å²) in [5.41, 5.74) is 0.619. The zero-order valence-corrected chi connectivity index (χ0v) is 19.9. The van der Waals surface area contributed by atoms with Crippen LogP contribution in [0.15, 0.2) is 42.9 Å². The lowest BCUT2D eigenvalue weighted by Gasteiger charge is -2.21. The third kappa shape index (κ3) is 10.6. The summed E-state index contributed by atoms with van der Waals surface area (Å²) in [5.74, 6) is -1.92. The normalized spacial score (nSPS) is 12.7. The first kappa shape index (κ1) is 27.2. The van der Waals surface area contributed by atoms with Crippen LogP contribution in [0.25, 0.3) is 0 Å². The van der Waals surface area contributed by atoms with Gasteiger partial charge in [0.2, 0.25) is 5.91 Å². The Balaban J connectivity index is 1.96. The first-order chi connectivity index (χ1) is 16.5. The minimum absolute atomic E-state index is 0.00313. The molecule has 12 heteroatoms. The molecule has 12 nitrogen and oxygen atoms in total. The number of nitrogens with zero attached hydrogens (tertiary/aromatic N) is 1. The van der Waals surface area contributed by atoms with E-state index in [9.17, 15) is 24.3 Å². The number of hydrogen-bond acceptors (Lipinski definition) is 7. The van der Waals surface area contributed by atoms with Crippen molar-refractivity contribution in [2.45, 2.75) is 51.3 Å². The van der Waals surface area contributed by atoms with Crippen LogP contribution in [0.3, 0.4) is 0 Å². The van der Waals surface area contributed by atoms with Crippen molar-refractivity contribution < 1.29 is 33.8 Å². The number of carboxylic acids is 1. The van der Waals surface area contributed by atoms with Gasteiger partial charge in [0.15, 0.2) is 0 Å². The fraction of sp³-hybridized carbons (Fsp3) is 0.435. The van der Waals surface area contributed by atoms with Gasteiger partial charge in [-0.3, -0.25) is 4.79 Å². The molecule has 2 rings (SSSR count). The molecule has 190 valence electrons. The van der Waals surface area contributed by atoms with E-state index in [2.05, 4.69) is 25.9 Å². The molecule has 0 aliphatic carbocycles. The Morgan fingerprint density at radius 2 is 1.74 bits per heavy atom. The van der Waals surface area contributed by atoms with Crippen LogP contribution in [0, 0.1) is 0 Å². The summed E-state index contributed by atoms with van der Waals surface area (Å²) in [4.78, 5) is 55.2. The molecule has 1 aromatic heterocycles. The summed E-state index contributed by atoms with van der Waals surface area (Å²) in [6.07, 6.45) is 1.41. The Hall–Kier alpha value is -4.09. The lowest BCUT2D eigenvalue weighted by molar-refractivity contribution is -0.142. The Morgan fingerprint density at radius 3 is 2.34 bits per heavy atom. The quantitative estimate of drug-likeness (QED) is 0.295. The van der Waals surface area contributed by atoms with Crippen molar-refractivity contribution in [2.75, 3.05) is 13.2 Å². The van der Waals surface area contributed by atoms with Crippen molar-refractivity contribution in [3.63, 3.8) is 0 Å². The summed E-state index contributed by atoms with van der Waals surface area (Å²) >= 11 is 0. The minimum atomic E-state index is -1.24. The summed E-state index contributed by atoms with van der Waals surface area (Å²) in [5, 5.41) is 16.9. The summed E-state index contributed by atoms with van der Waals surface area (Å²) < 4.78 is 10.1. The molecule has 5 N–H and O–H groups in total. The van der Waals surface area contributed by atoms with Crippen molar-refractivity contribution in [3.05, 3.63) is 54.1 Å².